The van der Waals surface area contributed by atoms with E-state index in [1.54, 1.807) is 12.1 Å². The molecule has 4 nitrogen and oxygen atoms in total. The van der Waals surface area contributed by atoms with Crippen LogP contribution in [-0.2, 0) is 12.8 Å². The van der Waals surface area contributed by atoms with Crippen molar-refractivity contribution < 1.29 is 5.11 Å². The third-order valence-electron chi connectivity index (χ3n) is 4.30. The number of phenolic OH excluding ortho intramolecular Hbond substituents is 1. The van der Waals surface area contributed by atoms with Crippen LogP contribution in [0.15, 0.2) is 53.5 Å². The number of para-hydroxylation sites is 1. The van der Waals surface area contributed by atoms with Crippen molar-refractivity contribution in [3.63, 3.8) is 0 Å². The van der Waals surface area contributed by atoms with Crippen molar-refractivity contribution >= 4 is 35.6 Å². The number of rotatable bonds is 5. The first-order chi connectivity index (χ1) is 11.8. The minimum atomic E-state index is 0. The number of fused-ring (bicyclic) bond motifs is 1. The summed E-state index contributed by atoms with van der Waals surface area (Å²) in [4.78, 5) is 7.10. The zero-order valence-corrected chi connectivity index (χ0v) is 16.9. The molecule has 2 aromatic rings. The van der Waals surface area contributed by atoms with Crippen LogP contribution in [0.2, 0.25) is 0 Å². The summed E-state index contributed by atoms with van der Waals surface area (Å²) in [6.45, 7) is 4.76. The molecule has 0 amide bonds. The first-order valence-electron chi connectivity index (χ1n) is 8.69. The number of phenols is 1. The molecule has 0 aromatic heterocycles. The van der Waals surface area contributed by atoms with Gasteiger partial charge in [0, 0.05) is 25.3 Å². The Labute approximate surface area is 167 Å². The second kappa shape index (κ2) is 9.65. The van der Waals surface area contributed by atoms with Crippen molar-refractivity contribution in [2.24, 2.45) is 4.99 Å². The van der Waals surface area contributed by atoms with Gasteiger partial charge in [0.25, 0.3) is 0 Å². The average Bonchev–Trinajstić information content (AvgIpc) is 3.03. The van der Waals surface area contributed by atoms with E-state index < -0.39 is 0 Å². The summed E-state index contributed by atoms with van der Waals surface area (Å²) in [5.74, 6) is 1.30. The predicted octanol–water partition coefficient (Wildman–Crippen LogP) is 3.97. The van der Waals surface area contributed by atoms with Gasteiger partial charge in [-0.15, -0.1) is 24.0 Å². The van der Waals surface area contributed by atoms with Gasteiger partial charge in [-0.3, -0.25) is 4.99 Å². The monoisotopic (exact) mass is 451 g/mol. The van der Waals surface area contributed by atoms with Gasteiger partial charge in [0.2, 0.25) is 0 Å². The number of aryl methyl sites for hydroxylation is 1. The summed E-state index contributed by atoms with van der Waals surface area (Å²) in [6.07, 6.45) is 3.04. The van der Waals surface area contributed by atoms with Crippen molar-refractivity contribution in [2.45, 2.75) is 26.2 Å². The normalized spacial score (nSPS) is 13.3. The molecule has 0 unspecified atom stereocenters. The van der Waals surface area contributed by atoms with Crippen LogP contribution in [0, 0.1) is 0 Å². The SMILES string of the molecule is CCNC(=NCCCc1ccc(O)cc1)N1CCc2ccccc21.I. The smallest absolute Gasteiger partial charge is 0.198 e. The van der Waals surface area contributed by atoms with Crippen LogP contribution < -0.4 is 10.2 Å². The lowest BCUT2D eigenvalue weighted by Crippen LogP contribution is -2.40. The van der Waals surface area contributed by atoms with E-state index >= 15 is 0 Å². The van der Waals surface area contributed by atoms with Gasteiger partial charge < -0.3 is 15.3 Å². The molecule has 3 rings (SSSR count). The van der Waals surface area contributed by atoms with Crippen LogP contribution >= 0.6 is 24.0 Å². The lowest BCUT2D eigenvalue weighted by atomic mass is 10.1. The lowest BCUT2D eigenvalue weighted by molar-refractivity contribution is 0.475. The van der Waals surface area contributed by atoms with Crippen LogP contribution in [0.4, 0.5) is 5.69 Å². The number of nitrogens with one attached hydrogen (secondary N) is 1. The number of nitrogens with zero attached hydrogens (tertiary/aromatic N) is 2. The Hall–Kier alpha value is -1.76. The highest BCUT2D eigenvalue weighted by atomic mass is 127. The Morgan fingerprint density at radius 1 is 1.16 bits per heavy atom. The number of aliphatic imine (C=N–C) groups is 1. The fraction of sp³-hybridized carbons (Fsp3) is 0.350. The molecule has 0 bridgehead atoms. The van der Waals surface area contributed by atoms with Crippen LogP contribution in [0.1, 0.15) is 24.5 Å². The maximum atomic E-state index is 9.33. The first-order valence-corrected chi connectivity index (χ1v) is 8.69. The molecule has 0 radical (unpaired) electrons. The molecule has 0 saturated carbocycles. The number of hydrogen-bond acceptors (Lipinski definition) is 2. The summed E-state index contributed by atoms with van der Waals surface area (Å²) >= 11 is 0. The van der Waals surface area contributed by atoms with E-state index in [2.05, 4.69) is 41.4 Å². The Bertz CT molecular complexity index is 700. The molecule has 0 atom stereocenters. The Kier molecular flexibility index (Phi) is 7.55. The molecule has 25 heavy (non-hydrogen) atoms. The zero-order valence-electron chi connectivity index (χ0n) is 14.6. The largest absolute Gasteiger partial charge is 0.508 e. The molecule has 2 N–H and O–H groups in total. The third-order valence-corrected chi connectivity index (χ3v) is 4.30. The molecule has 1 aliphatic rings. The average molecular weight is 451 g/mol. The topological polar surface area (TPSA) is 47.9 Å². The lowest BCUT2D eigenvalue weighted by Gasteiger charge is -2.22. The van der Waals surface area contributed by atoms with Gasteiger partial charge in [-0.25, -0.2) is 0 Å². The van der Waals surface area contributed by atoms with E-state index in [1.807, 2.05) is 12.1 Å². The standard InChI is InChI=1S/C20H25N3O.HI/c1-2-21-20(23-15-13-17-7-3-4-8-19(17)23)22-14-5-6-16-9-11-18(24)12-10-16;/h3-4,7-12,24H,2,5-6,13-15H2,1H3,(H,21,22);1H. The summed E-state index contributed by atoms with van der Waals surface area (Å²) in [7, 11) is 0. The molecule has 2 aromatic carbocycles. The number of benzene rings is 2. The fourth-order valence-electron chi connectivity index (χ4n) is 3.08. The number of hydrogen-bond donors (Lipinski definition) is 2. The summed E-state index contributed by atoms with van der Waals surface area (Å²) in [5.41, 5.74) is 3.91. The van der Waals surface area contributed by atoms with Crippen molar-refractivity contribution in [1.29, 1.82) is 0 Å². The van der Waals surface area contributed by atoms with Crippen LogP contribution in [0.25, 0.3) is 0 Å². The van der Waals surface area contributed by atoms with E-state index in [0.717, 1.165) is 44.9 Å². The maximum absolute atomic E-state index is 9.33. The first kappa shape index (κ1) is 19.6. The number of guanidine groups is 1. The fourth-order valence-corrected chi connectivity index (χ4v) is 3.08. The summed E-state index contributed by atoms with van der Waals surface area (Å²) in [6, 6.07) is 16.0. The highest BCUT2D eigenvalue weighted by Gasteiger charge is 2.22. The van der Waals surface area contributed by atoms with Gasteiger partial charge in [0.15, 0.2) is 5.96 Å². The Morgan fingerprint density at radius 2 is 1.92 bits per heavy atom. The Morgan fingerprint density at radius 3 is 2.68 bits per heavy atom. The van der Waals surface area contributed by atoms with E-state index in [-0.39, 0.29) is 24.0 Å². The van der Waals surface area contributed by atoms with E-state index in [4.69, 9.17) is 4.99 Å². The molecule has 0 aliphatic carbocycles. The molecule has 0 spiro atoms. The van der Waals surface area contributed by atoms with E-state index in [0.29, 0.717) is 5.75 Å². The van der Waals surface area contributed by atoms with Crippen molar-refractivity contribution in [1.82, 2.24) is 5.32 Å². The van der Waals surface area contributed by atoms with Crippen LogP contribution in [0.3, 0.4) is 0 Å². The summed E-state index contributed by atoms with van der Waals surface area (Å²) < 4.78 is 0. The molecule has 1 aliphatic heterocycles. The second-order valence-corrected chi connectivity index (χ2v) is 6.04. The highest BCUT2D eigenvalue weighted by molar-refractivity contribution is 14.0. The van der Waals surface area contributed by atoms with Gasteiger partial charge in [-0.05, 0) is 55.5 Å². The number of halogens is 1. The van der Waals surface area contributed by atoms with Crippen LogP contribution in [-0.4, -0.2) is 30.7 Å². The van der Waals surface area contributed by atoms with E-state index in [9.17, 15) is 5.11 Å². The van der Waals surface area contributed by atoms with Crippen molar-refractivity contribution in [3.05, 3.63) is 59.7 Å². The van der Waals surface area contributed by atoms with E-state index in [1.165, 1.54) is 16.8 Å². The predicted molar refractivity (Wildman–Crippen MR) is 115 cm³/mol. The molecular weight excluding hydrogens is 425 g/mol. The van der Waals surface area contributed by atoms with Crippen molar-refractivity contribution in [2.75, 3.05) is 24.5 Å². The highest BCUT2D eigenvalue weighted by Crippen LogP contribution is 2.27. The summed E-state index contributed by atoms with van der Waals surface area (Å²) in [5, 5.41) is 12.7. The molecule has 0 saturated heterocycles. The molecule has 134 valence electrons. The van der Waals surface area contributed by atoms with Crippen molar-refractivity contribution in [3.8, 4) is 5.75 Å². The molecule has 5 heteroatoms. The minimum absolute atomic E-state index is 0. The van der Waals surface area contributed by atoms with Gasteiger partial charge in [-0.1, -0.05) is 30.3 Å². The maximum Gasteiger partial charge on any atom is 0.198 e. The van der Waals surface area contributed by atoms with Crippen LogP contribution in [0.5, 0.6) is 5.75 Å². The quantitative estimate of drug-likeness (QED) is 0.313. The van der Waals surface area contributed by atoms with Gasteiger partial charge >= 0.3 is 0 Å². The Balaban J connectivity index is 0.00000225. The van der Waals surface area contributed by atoms with Gasteiger partial charge in [0.05, 0.1) is 0 Å². The zero-order chi connectivity index (χ0) is 16.8. The number of anilines is 1. The minimum Gasteiger partial charge on any atom is -0.508 e. The van der Waals surface area contributed by atoms with Gasteiger partial charge in [-0.2, -0.15) is 0 Å². The van der Waals surface area contributed by atoms with Gasteiger partial charge in [0.1, 0.15) is 5.75 Å². The second-order valence-electron chi connectivity index (χ2n) is 6.04. The number of aromatic hydroxyl groups is 1. The molecular formula is C20H26IN3O. The molecule has 1 heterocycles. The molecule has 0 fully saturated rings. The third kappa shape index (κ3) is 5.11.